The van der Waals surface area contributed by atoms with Gasteiger partial charge in [-0.1, -0.05) is 12.1 Å². The van der Waals surface area contributed by atoms with E-state index < -0.39 is 5.97 Å². The zero-order valence-corrected chi connectivity index (χ0v) is 19.2. The number of rotatable bonds is 6. The molecule has 2 aromatic heterocycles. The van der Waals surface area contributed by atoms with Gasteiger partial charge in [-0.25, -0.2) is 4.79 Å². The number of H-pyrrole nitrogens is 1. The molecule has 174 valence electrons. The molecular formula is C26H27N5O3. The van der Waals surface area contributed by atoms with Gasteiger partial charge in [0.05, 0.1) is 18.7 Å². The van der Waals surface area contributed by atoms with E-state index in [0.29, 0.717) is 6.54 Å². The third-order valence-electron chi connectivity index (χ3n) is 6.61. The van der Waals surface area contributed by atoms with Gasteiger partial charge in [0.25, 0.3) is 0 Å². The number of aryl methyl sites for hydroxylation is 1. The van der Waals surface area contributed by atoms with Crippen molar-refractivity contribution in [2.24, 2.45) is 0 Å². The van der Waals surface area contributed by atoms with E-state index in [0.717, 1.165) is 58.8 Å². The van der Waals surface area contributed by atoms with E-state index in [1.807, 2.05) is 30.5 Å². The lowest BCUT2D eigenvalue weighted by atomic mass is 9.98. The Morgan fingerprint density at radius 1 is 1.21 bits per heavy atom. The highest BCUT2D eigenvalue weighted by molar-refractivity contribution is 5.88. The lowest BCUT2D eigenvalue weighted by Crippen LogP contribution is -2.48. The molecule has 5 rings (SSSR count). The first-order chi connectivity index (χ1) is 16.5. The highest BCUT2D eigenvalue weighted by Crippen LogP contribution is 2.35. The van der Waals surface area contributed by atoms with Crippen LogP contribution in [0.15, 0.2) is 60.9 Å². The third kappa shape index (κ3) is 4.08. The zero-order valence-electron chi connectivity index (χ0n) is 19.2. The molecule has 8 nitrogen and oxygen atoms in total. The molecule has 2 aromatic carbocycles. The summed E-state index contributed by atoms with van der Waals surface area (Å²) in [7, 11) is 1.71. The molecule has 3 heterocycles. The molecular weight excluding hydrogens is 430 g/mol. The van der Waals surface area contributed by atoms with Crippen molar-refractivity contribution in [2.45, 2.75) is 19.5 Å². The van der Waals surface area contributed by atoms with Gasteiger partial charge >= 0.3 is 5.97 Å². The second-order valence-electron chi connectivity index (χ2n) is 8.58. The summed E-state index contributed by atoms with van der Waals surface area (Å²) in [6.45, 7) is 5.13. The Hall–Kier alpha value is -3.91. The fourth-order valence-electron chi connectivity index (χ4n) is 4.83. The predicted molar refractivity (Wildman–Crippen MR) is 130 cm³/mol. The summed E-state index contributed by atoms with van der Waals surface area (Å²) in [5.41, 5.74) is 4.76. The van der Waals surface area contributed by atoms with Crippen LogP contribution in [-0.2, 0) is 6.54 Å². The van der Waals surface area contributed by atoms with Gasteiger partial charge in [0.1, 0.15) is 5.75 Å². The Labute approximate surface area is 197 Å². The number of carbonyl (C=O) groups is 1. The molecule has 1 aliphatic heterocycles. The van der Waals surface area contributed by atoms with Crippen molar-refractivity contribution < 1.29 is 14.6 Å². The number of hydrogen-bond acceptors (Lipinski definition) is 6. The molecule has 1 fully saturated rings. The largest absolute Gasteiger partial charge is 0.496 e. The summed E-state index contributed by atoms with van der Waals surface area (Å²) in [6, 6.07) is 15.3. The molecule has 0 unspecified atom stereocenters. The number of aromatic amines is 1. The Morgan fingerprint density at radius 2 is 2.03 bits per heavy atom. The molecule has 8 heteroatoms. The van der Waals surface area contributed by atoms with E-state index in [1.54, 1.807) is 25.4 Å². The van der Waals surface area contributed by atoms with Gasteiger partial charge in [0, 0.05) is 55.0 Å². The van der Waals surface area contributed by atoms with Gasteiger partial charge in [0.2, 0.25) is 0 Å². The van der Waals surface area contributed by atoms with Crippen LogP contribution in [0.4, 0.5) is 5.82 Å². The minimum atomic E-state index is -0.924. The lowest BCUT2D eigenvalue weighted by Gasteiger charge is -2.42. The van der Waals surface area contributed by atoms with Gasteiger partial charge < -0.3 is 19.7 Å². The summed E-state index contributed by atoms with van der Waals surface area (Å²) in [5.74, 6) is 0.795. The number of aromatic nitrogens is 3. The van der Waals surface area contributed by atoms with Crippen molar-refractivity contribution in [3.8, 4) is 5.75 Å². The average molecular weight is 458 g/mol. The highest BCUT2D eigenvalue weighted by atomic mass is 16.5. The summed E-state index contributed by atoms with van der Waals surface area (Å²) in [4.78, 5) is 19.4. The number of aromatic carboxylic acids is 1. The van der Waals surface area contributed by atoms with Gasteiger partial charge in [-0.05, 0) is 54.4 Å². The van der Waals surface area contributed by atoms with Crippen molar-refractivity contribution >= 4 is 22.7 Å². The number of benzene rings is 2. The summed E-state index contributed by atoms with van der Waals surface area (Å²) in [5, 5.41) is 18.8. The van der Waals surface area contributed by atoms with Crippen LogP contribution in [0.5, 0.6) is 5.75 Å². The minimum absolute atomic E-state index is 0.0404. The summed E-state index contributed by atoms with van der Waals surface area (Å²) >= 11 is 0. The van der Waals surface area contributed by atoms with E-state index in [2.05, 4.69) is 44.0 Å². The average Bonchev–Trinajstić information content (AvgIpc) is 3.37. The van der Waals surface area contributed by atoms with Crippen molar-refractivity contribution in [2.75, 3.05) is 31.6 Å². The second kappa shape index (κ2) is 9.15. The number of anilines is 1. The molecule has 0 radical (unpaired) electrons. The highest BCUT2D eigenvalue weighted by Gasteiger charge is 2.30. The molecule has 0 spiro atoms. The van der Waals surface area contributed by atoms with Crippen LogP contribution < -0.4 is 9.64 Å². The number of nitrogens with one attached hydrogen (secondary N) is 1. The van der Waals surface area contributed by atoms with Gasteiger partial charge in [-0.3, -0.25) is 4.90 Å². The molecule has 34 heavy (non-hydrogen) atoms. The van der Waals surface area contributed by atoms with Crippen LogP contribution in [0, 0.1) is 6.92 Å². The number of fused-ring (bicyclic) bond motifs is 1. The molecule has 0 aliphatic carbocycles. The normalized spacial score (nSPS) is 16.6. The SMILES string of the molecule is COc1cc(C)c2[nH]ccc2c1CN1CCN(c2cccnn2)C[C@H]1c1ccc(C(=O)O)cc1. The van der Waals surface area contributed by atoms with Gasteiger partial charge in [-0.15, -0.1) is 5.10 Å². The summed E-state index contributed by atoms with van der Waals surface area (Å²) < 4.78 is 5.78. The van der Waals surface area contributed by atoms with E-state index in [-0.39, 0.29) is 11.6 Å². The fourth-order valence-corrected chi connectivity index (χ4v) is 4.83. The number of methoxy groups -OCH3 is 1. The molecule has 4 aromatic rings. The Kier molecular flexibility index (Phi) is 5.90. The Morgan fingerprint density at radius 3 is 2.74 bits per heavy atom. The van der Waals surface area contributed by atoms with Crippen molar-refractivity contribution in [1.29, 1.82) is 0 Å². The van der Waals surface area contributed by atoms with Crippen LogP contribution in [0.1, 0.15) is 33.1 Å². The minimum Gasteiger partial charge on any atom is -0.496 e. The maximum atomic E-state index is 11.4. The van der Waals surface area contributed by atoms with E-state index in [4.69, 9.17) is 4.74 Å². The first-order valence-corrected chi connectivity index (χ1v) is 11.3. The predicted octanol–water partition coefficient (Wildman–Crippen LogP) is 4.04. The number of ether oxygens (including phenoxy) is 1. The lowest BCUT2D eigenvalue weighted by molar-refractivity contribution is 0.0696. The summed E-state index contributed by atoms with van der Waals surface area (Å²) in [6.07, 6.45) is 3.64. The van der Waals surface area contributed by atoms with Crippen LogP contribution in [0.3, 0.4) is 0 Å². The maximum absolute atomic E-state index is 11.4. The molecule has 0 saturated carbocycles. The van der Waals surface area contributed by atoms with Gasteiger partial charge in [-0.2, -0.15) is 5.10 Å². The topological polar surface area (TPSA) is 94.6 Å². The Balaban J connectivity index is 1.51. The van der Waals surface area contributed by atoms with Crippen LogP contribution >= 0.6 is 0 Å². The zero-order chi connectivity index (χ0) is 23.7. The van der Waals surface area contributed by atoms with Crippen molar-refractivity contribution in [1.82, 2.24) is 20.1 Å². The number of piperazine rings is 1. The van der Waals surface area contributed by atoms with Gasteiger partial charge in [0.15, 0.2) is 5.82 Å². The molecule has 1 aliphatic rings. The third-order valence-corrected chi connectivity index (χ3v) is 6.61. The Bertz CT molecular complexity index is 1300. The number of nitrogens with zero attached hydrogens (tertiary/aromatic N) is 4. The molecule has 0 bridgehead atoms. The van der Waals surface area contributed by atoms with Crippen LogP contribution in [0.2, 0.25) is 0 Å². The van der Waals surface area contributed by atoms with Crippen LogP contribution in [0.25, 0.3) is 10.9 Å². The number of carboxylic acids is 1. The van der Waals surface area contributed by atoms with E-state index >= 15 is 0 Å². The number of carboxylic acid groups (broad SMARTS) is 1. The molecule has 2 N–H and O–H groups in total. The van der Waals surface area contributed by atoms with Crippen molar-refractivity contribution in [3.63, 3.8) is 0 Å². The smallest absolute Gasteiger partial charge is 0.335 e. The number of hydrogen-bond donors (Lipinski definition) is 2. The molecule has 1 saturated heterocycles. The van der Waals surface area contributed by atoms with E-state index in [1.165, 1.54) is 0 Å². The first kappa shape index (κ1) is 21.9. The monoisotopic (exact) mass is 457 g/mol. The second-order valence-corrected chi connectivity index (χ2v) is 8.58. The fraction of sp³-hybridized carbons (Fsp3) is 0.269. The standard InChI is InChI=1S/C26H27N5O3/c1-17-14-23(34-2)21(20-9-11-27-25(17)20)15-30-12-13-31(24-4-3-10-28-29-24)16-22(30)18-5-7-19(8-6-18)26(32)33/h3-11,14,22,27H,12-13,15-16H2,1-2H3,(H,32,33)/t22-/m0/s1. The van der Waals surface area contributed by atoms with E-state index in [9.17, 15) is 9.90 Å². The maximum Gasteiger partial charge on any atom is 0.335 e. The molecule has 1 atom stereocenters. The first-order valence-electron chi connectivity index (χ1n) is 11.3. The van der Waals surface area contributed by atoms with Crippen molar-refractivity contribution in [3.05, 3.63) is 83.2 Å². The van der Waals surface area contributed by atoms with Crippen LogP contribution in [-0.4, -0.2) is 57.9 Å². The molecule has 0 amide bonds. The quantitative estimate of drug-likeness (QED) is 0.451.